The fraction of sp³-hybridized carbons (Fsp3) is 0.909. The lowest BCUT2D eigenvalue weighted by Gasteiger charge is -2.22. The molecule has 1 aliphatic heterocycles. The summed E-state index contributed by atoms with van der Waals surface area (Å²) in [4.78, 5) is 13.9. The van der Waals surface area contributed by atoms with E-state index in [-0.39, 0.29) is 23.4 Å². The first-order valence-corrected chi connectivity index (χ1v) is 8.20. The van der Waals surface area contributed by atoms with Crippen molar-refractivity contribution in [2.45, 2.75) is 44.3 Å². The van der Waals surface area contributed by atoms with E-state index in [2.05, 4.69) is 5.32 Å². The van der Waals surface area contributed by atoms with E-state index in [9.17, 15) is 13.2 Å². The Hall–Kier alpha value is -0.620. The number of rotatable bonds is 5. The first-order valence-electron chi connectivity index (χ1n) is 6.14. The highest BCUT2D eigenvalue weighted by molar-refractivity contribution is 7.90. The Balaban J connectivity index is 1.92. The fourth-order valence-electron chi connectivity index (χ4n) is 2.44. The summed E-state index contributed by atoms with van der Waals surface area (Å²) in [5, 5.41) is 3.37. The molecule has 2 rings (SSSR count). The molecule has 5 nitrogen and oxygen atoms in total. The maximum Gasteiger partial charge on any atom is 0.244 e. The van der Waals surface area contributed by atoms with Crippen molar-refractivity contribution < 1.29 is 13.2 Å². The quantitative estimate of drug-likeness (QED) is 0.762. The average molecular weight is 260 g/mol. The number of nitrogens with zero attached hydrogens (tertiary/aromatic N) is 1. The summed E-state index contributed by atoms with van der Waals surface area (Å²) in [6, 6.07) is 0. The molecule has 2 aliphatic rings. The molecule has 1 saturated carbocycles. The number of carbonyl (C=O) groups excluding carboxylic acids is 1. The molecule has 1 unspecified atom stereocenters. The minimum absolute atomic E-state index is 0.0876. The van der Waals surface area contributed by atoms with Crippen LogP contribution >= 0.6 is 0 Å². The van der Waals surface area contributed by atoms with E-state index in [1.54, 1.807) is 0 Å². The van der Waals surface area contributed by atoms with Crippen LogP contribution in [0.25, 0.3) is 0 Å². The maximum absolute atomic E-state index is 12.1. The van der Waals surface area contributed by atoms with Crippen LogP contribution in [0, 0.1) is 0 Å². The zero-order valence-corrected chi connectivity index (χ0v) is 11.2. The summed E-state index contributed by atoms with van der Waals surface area (Å²) < 4.78 is 22.1. The van der Waals surface area contributed by atoms with Crippen molar-refractivity contribution in [2.75, 3.05) is 18.6 Å². The number of nitrogens with one attached hydrogen (secondary N) is 1. The molecule has 2 fully saturated rings. The van der Waals surface area contributed by atoms with Crippen LogP contribution in [0.4, 0.5) is 0 Å². The molecule has 1 spiro atoms. The first kappa shape index (κ1) is 12.8. The Morgan fingerprint density at radius 2 is 2.12 bits per heavy atom. The van der Waals surface area contributed by atoms with Crippen molar-refractivity contribution in [1.82, 2.24) is 10.2 Å². The van der Waals surface area contributed by atoms with Gasteiger partial charge in [0.15, 0.2) is 0 Å². The second-order valence-electron chi connectivity index (χ2n) is 5.13. The largest absolute Gasteiger partial charge is 0.326 e. The van der Waals surface area contributed by atoms with Crippen LogP contribution in [0.5, 0.6) is 0 Å². The monoisotopic (exact) mass is 260 g/mol. The Bertz CT molecular complexity index is 414. The second kappa shape index (κ2) is 4.24. The third kappa shape index (κ3) is 2.63. The van der Waals surface area contributed by atoms with Crippen LogP contribution < -0.4 is 5.32 Å². The van der Waals surface area contributed by atoms with Crippen molar-refractivity contribution in [3.8, 4) is 0 Å². The van der Waals surface area contributed by atoms with Gasteiger partial charge in [-0.3, -0.25) is 10.1 Å². The van der Waals surface area contributed by atoms with Crippen molar-refractivity contribution in [3.63, 3.8) is 0 Å². The molecule has 1 heterocycles. The van der Waals surface area contributed by atoms with Crippen LogP contribution in [0.15, 0.2) is 0 Å². The van der Waals surface area contributed by atoms with Crippen LogP contribution in [0.3, 0.4) is 0 Å². The van der Waals surface area contributed by atoms with Gasteiger partial charge in [-0.1, -0.05) is 6.92 Å². The SMILES string of the molecule is CCC1NC2(CC2)C(=O)N1CCCS(C)(=O)=O. The minimum Gasteiger partial charge on any atom is -0.326 e. The Kier molecular flexibility index (Phi) is 3.20. The van der Waals surface area contributed by atoms with E-state index < -0.39 is 9.84 Å². The molecular weight excluding hydrogens is 240 g/mol. The van der Waals surface area contributed by atoms with Gasteiger partial charge in [0.1, 0.15) is 9.84 Å². The molecule has 0 aromatic heterocycles. The van der Waals surface area contributed by atoms with Gasteiger partial charge in [0.2, 0.25) is 5.91 Å². The molecule has 1 atom stereocenters. The van der Waals surface area contributed by atoms with Gasteiger partial charge in [0.05, 0.1) is 17.5 Å². The highest BCUT2D eigenvalue weighted by Gasteiger charge is 2.58. The number of hydrogen-bond donors (Lipinski definition) is 1. The van der Waals surface area contributed by atoms with Crippen LogP contribution in [0.2, 0.25) is 0 Å². The highest BCUT2D eigenvalue weighted by atomic mass is 32.2. The van der Waals surface area contributed by atoms with Gasteiger partial charge in [-0.25, -0.2) is 8.42 Å². The summed E-state index contributed by atoms with van der Waals surface area (Å²) in [5.74, 6) is 0.318. The van der Waals surface area contributed by atoms with Crippen molar-refractivity contribution in [2.24, 2.45) is 0 Å². The predicted molar refractivity (Wildman–Crippen MR) is 65.2 cm³/mol. The van der Waals surface area contributed by atoms with Crippen molar-refractivity contribution >= 4 is 15.7 Å². The number of hydrogen-bond acceptors (Lipinski definition) is 4. The van der Waals surface area contributed by atoms with Gasteiger partial charge < -0.3 is 4.90 Å². The summed E-state index contributed by atoms with van der Waals surface area (Å²) in [5.41, 5.74) is -0.286. The summed E-state index contributed by atoms with van der Waals surface area (Å²) >= 11 is 0. The predicted octanol–water partition coefficient (Wildman–Crippen LogP) is 0.122. The van der Waals surface area contributed by atoms with E-state index in [1.807, 2.05) is 11.8 Å². The van der Waals surface area contributed by atoms with Gasteiger partial charge in [0.25, 0.3) is 0 Å². The molecule has 1 amide bonds. The van der Waals surface area contributed by atoms with E-state index in [0.29, 0.717) is 13.0 Å². The van der Waals surface area contributed by atoms with E-state index >= 15 is 0 Å². The van der Waals surface area contributed by atoms with Crippen LogP contribution in [-0.4, -0.2) is 49.5 Å². The molecule has 1 N–H and O–H groups in total. The first-order chi connectivity index (χ1) is 7.88. The summed E-state index contributed by atoms with van der Waals surface area (Å²) in [6.07, 6.45) is 4.56. The molecular formula is C11H20N2O3S. The Morgan fingerprint density at radius 1 is 1.47 bits per heavy atom. The number of amides is 1. The normalized spacial score (nSPS) is 26.8. The van der Waals surface area contributed by atoms with E-state index in [4.69, 9.17) is 0 Å². The van der Waals surface area contributed by atoms with Gasteiger partial charge in [0, 0.05) is 12.8 Å². The lowest BCUT2D eigenvalue weighted by Crippen LogP contribution is -2.38. The zero-order chi connectivity index (χ0) is 12.7. The summed E-state index contributed by atoms with van der Waals surface area (Å²) in [6.45, 7) is 2.58. The Labute approximate surface area is 102 Å². The summed E-state index contributed by atoms with van der Waals surface area (Å²) in [7, 11) is -2.93. The minimum atomic E-state index is -2.93. The topological polar surface area (TPSA) is 66.5 Å². The fourth-order valence-corrected chi connectivity index (χ4v) is 3.09. The van der Waals surface area contributed by atoms with Gasteiger partial charge in [-0.05, 0) is 25.7 Å². The molecule has 17 heavy (non-hydrogen) atoms. The smallest absolute Gasteiger partial charge is 0.244 e. The lowest BCUT2D eigenvalue weighted by atomic mass is 10.2. The van der Waals surface area contributed by atoms with Gasteiger partial charge in [-0.2, -0.15) is 0 Å². The van der Waals surface area contributed by atoms with Crippen molar-refractivity contribution in [1.29, 1.82) is 0 Å². The lowest BCUT2D eigenvalue weighted by molar-refractivity contribution is -0.130. The van der Waals surface area contributed by atoms with E-state index in [1.165, 1.54) is 6.26 Å². The van der Waals surface area contributed by atoms with Gasteiger partial charge in [-0.15, -0.1) is 0 Å². The zero-order valence-electron chi connectivity index (χ0n) is 10.4. The Morgan fingerprint density at radius 3 is 2.59 bits per heavy atom. The molecule has 0 radical (unpaired) electrons. The molecule has 0 aromatic rings. The average Bonchev–Trinajstić information content (AvgIpc) is 2.95. The molecule has 0 bridgehead atoms. The highest BCUT2D eigenvalue weighted by Crippen LogP contribution is 2.42. The van der Waals surface area contributed by atoms with E-state index in [0.717, 1.165) is 19.3 Å². The third-order valence-electron chi connectivity index (χ3n) is 3.54. The molecule has 98 valence electrons. The number of sulfone groups is 1. The number of carbonyl (C=O) groups is 1. The van der Waals surface area contributed by atoms with Crippen molar-refractivity contribution in [3.05, 3.63) is 0 Å². The molecule has 1 aliphatic carbocycles. The van der Waals surface area contributed by atoms with Gasteiger partial charge >= 0.3 is 0 Å². The van der Waals surface area contributed by atoms with Crippen LogP contribution in [0.1, 0.15) is 32.6 Å². The molecule has 0 aromatic carbocycles. The second-order valence-corrected chi connectivity index (χ2v) is 7.39. The standard InChI is InChI=1S/C11H20N2O3S/c1-3-9-12-11(5-6-11)10(14)13(9)7-4-8-17(2,15)16/h9,12H,3-8H2,1-2H3. The maximum atomic E-state index is 12.1. The third-order valence-corrected chi connectivity index (χ3v) is 4.57. The molecule has 6 heteroatoms. The molecule has 1 saturated heterocycles. The van der Waals surface area contributed by atoms with Crippen LogP contribution in [-0.2, 0) is 14.6 Å².